The quantitative estimate of drug-likeness (QED) is 0.585. The number of benzene rings is 2. The van der Waals surface area contributed by atoms with Crippen molar-refractivity contribution in [1.82, 2.24) is 4.98 Å². The average molecular weight is 341 g/mol. The summed E-state index contributed by atoms with van der Waals surface area (Å²) in [5.74, 6) is 0. The van der Waals surface area contributed by atoms with Crippen LogP contribution in [0.25, 0.3) is 10.2 Å². The first-order chi connectivity index (χ1) is 9.65. The molecule has 0 saturated carbocycles. The third-order valence-corrected chi connectivity index (χ3v) is 4.86. The molecule has 0 aliphatic carbocycles. The zero-order valence-electron chi connectivity index (χ0n) is 10.5. The first-order valence-corrected chi connectivity index (χ1v) is 8.62. The second-order valence-corrected chi connectivity index (χ2v) is 6.86. The molecular formula is C14H10Cl2N2S2. The summed E-state index contributed by atoms with van der Waals surface area (Å²) in [4.78, 5) is 5.82. The Bertz CT molecular complexity index is 751. The summed E-state index contributed by atoms with van der Waals surface area (Å²) in [6.45, 7) is 0. The van der Waals surface area contributed by atoms with Crippen LogP contribution in [0.3, 0.4) is 0 Å². The summed E-state index contributed by atoms with van der Waals surface area (Å²) in [5, 5.41) is 5.29. The first kappa shape index (κ1) is 14.0. The third kappa shape index (κ3) is 2.88. The maximum Gasteiger partial charge on any atom is 0.188 e. The van der Waals surface area contributed by atoms with Gasteiger partial charge in [0.05, 0.1) is 10.2 Å². The predicted molar refractivity (Wildman–Crippen MR) is 91.1 cm³/mol. The molecule has 0 spiro atoms. The number of para-hydroxylation sites is 1. The molecule has 20 heavy (non-hydrogen) atoms. The van der Waals surface area contributed by atoms with E-state index < -0.39 is 0 Å². The first-order valence-electron chi connectivity index (χ1n) is 5.82. The number of nitrogens with zero attached hydrogens (tertiary/aromatic N) is 1. The van der Waals surface area contributed by atoms with Crippen molar-refractivity contribution in [2.24, 2.45) is 0 Å². The molecule has 1 aromatic heterocycles. The minimum absolute atomic E-state index is 0.603. The van der Waals surface area contributed by atoms with E-state index in [1.54, 1.807) is 29.2 Å². The molecule has 1 N–H and O–H groups in total. The minimum atomic E-state index is 0.603. The lowest BCUT2D eigenvalue weighted by Gasteiger charge is -2.03. The standard InChI is InChI=1S/C14H10Cl2N2S2/c1-19-11-3-2-4-12-13(11)18-14(20-12)17-10-6-8(15)5-9(16)7-10/h2-7H,1H3,(H,17,18). The Labute approximate surface area is 135 Å². The van der Waals surface area contributed by atoms with Gasteiger partial charge in [0.2, 0.25) is 0 Å². The minimum Gasteiger partial charge on any atom is -0.331 e. The molecule has 3 rings (SSSR count). The molecule has 0 unspecified atom stereocenters. The largest absolute Gasteiger partial charge is 0.331 e. The highest BCUT2D eigenvalue weighted by atomic mass is 35.5. The lowest BCUT2D eigenvalue weighted by molar-refractivity contribution is 1.39. The van der Waals surface area contributed by atoms with Crippen LogP contribution in [0, 0.1) is 0 Å². The van der Waals surface area contributed by atoms with Crippen LogP contribution in [0.5, 0.6) is 0 Å². The fourth-order valence-corrected chi connectivity index (χ4v) is 3.96. The van der Waals surface area contributed by atoms with Gasteiger partial charge in [-0.3, -0.25) is 0 Å². The van der Waals surface area contributed by atoms with Crippen LogP contribution in [0.15, 0.2) is 41.3 Å². The predicted octanol–water partition coefficient (Wildman–Crippen LogP) is 6.07. The highest BCUT2D eigenvalue weighted by Gasteiger charge is 2.08. The van der Waals surface area contributed by atoms with E-state index in [2.05, 4.69) is 28.7 Å². The van der Waals surface area contributed by atoms with Gasteiger partial charge in [0, 0.05) is 20.6 Å². The van der Waals surface area contributed by atoms with Crippen molar-refractivity contribution >= 4 is 67.3 Å². The van der Waals surface area contributed by atoms with Crippen LogP contribution in [0.2, 0.25) is 10.0 Å². The number of halogens is 2. The molecule has 0 aliphatic rings. The molecule has 2 aromatic carbocycles. The molecule has 1 heterocycles. The number of anilines is 2. The van der Waals surface area contributed by atoms with Crippen molar-refractivity contribution < 1.29 is 0 Å². The van der Waals surface area contributed by atoms with E-state index in [0.717, 1.165) is 21.0 Å². The van der Waals surface area contributed by atoms with E-state index in [-0.39, 0.29) is 0 Å². The molecule has 0 radical (unpaired) electrons. The van der Waals surface area contributed by atoms with Crippen molar-refractivity contribution in [2.75, 3.05) is 11.6 Å². The molecule has 3 aromatic rings. The number of thiazole rings is 1. The normalized spacial score (nSPS) is 10.9. The number of rotatable bonds is 3. The van der Waals surface area contributed by atoms with E-state index in [9.17, 15) is 0 Å². The Morgan fingerprint density at radius 1 is 1.15 bits per heavy atom. The molecule has 0 atom stereocenters. The van der Waals surface area contributed by atoms with Crippen LogP contribution in [0.4, 0.5) is 10.8 Å². The van der Waals surface area contributed by atoms with Gasteiger partial charge in [-0.2, -0.15) is 0 Å². The van der Waals surface area contributed by atoms with Gasteiger partial charge in [-0.25, -0.2) is 4.98 Å². The van der Waals surface area contributed by atoms with Crippen LogP contribution >= 0.6 is 46.3 Å². The Morgan fingerprint density at radius 2 is 1.90 bits per heavy atom. The molecular weight excluding hydrogens is 331 g/mol. The van der Waals surface area contributed by atoms with E-state index >= 15 is 0 Å². The van der Waals surface area contributed by atoms with Crippen LogP contribution < -0.4 is 5.32 Å². The highest BCUT2D eigenvalue weighted by Crippen LogP contribution is 2.34. The third-order valence-electron chi connectivity index (χ3n) is 2.72. The monoisotopic (exact) mass is 340 g/mol. The number of nitrogens with one attached hydrogen (secondary N) is 1. The number of fused-ring (bicyclic) bond motifs is 1. The lowest BCUT2D eigenvalue weighted by atomic mass is 10.3. The highest BCUT2D eigenvalue weighted by molar-refractivity contribution is 7.98. The lowest BCUT2D eigenvalue weighted by Crippen LogP contribution is -1.89. The fourth-order valence-electron chi connectivity index (χ4n) is 1.89. The summed E-state index contributed by atoms with van der Waals surface area (Å²) >= 11 is 15.3. The molecule has 2 nitrogen and oxygen atoms in total. The summed E-state index contributed by atoms with van der Waals surface area (Å²) in [5.41, 5.74) is 1.87. The average Bonchev–Trinajstić information content (AvgIpc) is 2.79. The fraction of sp³-hybridized carbons (Fsp3) is 0.0714. The number of hydrogen-bond donors (Lipinski definition) is 1. The summed E-state index contributed by atoms with van der Waals surface area (Å²) < 4.78 is 1.16. The van der Waals surface area contributed by atoms with Gasteiger partial charge in [0.25, 0.3) is 0 Å². The molecule has 102 valence electrons. The van der Waals surface area contributed by atoms with Gasteiger partial charge < -0.3 is 5.32 Å². The number of thioether (sulfide) groups is 1. The van der Waals surface area contributed by atoms with E-state index in [1.165, 1.54) is 4.90 Å². The van der Waals surface area contributed by atoms with Crippen molar-refractivity contribution in [2.45, 2.75) is 4.90 Å². The van der Waals surface area contributed by atoms with Crippen molar-refractivity contribution in [3.05, 3.63) is 46.4 Å². The number of aromatic nitrogens is 1. The Hall–Kier alpha value is -0.940. The van der Waals surface area contributed by atoms with Crippen molar-refractivity contribution in [3.63, 3.8) is 0 Å². The summed E-state index contributed by atoms with van der Waals surface area (Å²) in [6, 6.07) is 11.6. The smallest absolute Gasteiger partial charge is 0.188 e. The van der Waals surface area contributed by atoms with E-state index in [0.29, 0.717) is 10.0 Å². The molecule has 0 saturated heterocycles. The Balaban J connectivity index is 1.98. The van der Waals surface area contributed by atoms with Crippen molar-refractivity contribution in [3.8, 4) is 0 Å². The topological polar surface area (TPSA) is 24.9 Å². The Morgan fingerprint density at radius 3 is 2.60 bits per heavy atom. The second kappa shape index (κ2) is 5.82. The molecule has 0 fully saturated rings. The maximum atomic E-state index is 6.00. The van der Waals surface area contributed by atoms with Crippen molar-refractivity contribution in [1.29, 1.82) is 0 Å². The van der Waals surface area contributed by atoms with Gasteiger partial charge in [0.15, 0.2) is 5.13 Å². The van der Waals surface area contributed by atoms with Gasteiger partial charge in [-0.15, -0.1) is 11.8 Å². The molecule has 6 heteroatoms. The summed E-state index contributed by atoms with van der Waals surface area (Å²) in [6.07, 6.45) is 2.05. The zero-order chi connectivity index (χ0) is 14.1. The molecule has 0 bridgehead atoms. The molecule has 0 amide bonds. The second-order valence-electron chi connectivity index (χ2n) is 4.11. The number of hydrogen-bond acceptors (Lipinski definition) is 4. The summed E-state index contributed by atoms with van der Waals surface area (Å²) in [7, 11) is 0. The zero-order valence-corrected chi connectivity index (χ0v) is 13.6. The van der Waals surface area contributed by atoms with Crippen LogP contribution in [-0.4, -0.2) is 11.2 Å². The van der Waals surface area contributed by atoms with Crippen LogP contribution in [0.1, 0.15) is 0 Å². The SMILES string of the molecule is CSc1cccc2sc(Nc3cc(Cl)cc(Cl)c3)nc12. The molecule has 0 aliphatic heterocycles. The van der Waals surface area contributed by atoms with E-state index in [4.69, 9.17) is 23.2 Å². The van der Waals surface area contributed by atoms with Gasteiger partial charge in [-0.05, 0) is 36.6 Å². The van der Waals surface area contributed by atoms with Gasteiger partial charge >= 0.3 is 0 Å². The van der Waals surface area contributed by atoms with Gasteiger partial charge in [-0.1, -0.05) is 40.6 Å². The van der Waals surface area contributed by atoms with E-state index in [1.807, 2.05) is 18.2 Å². The maximum absolute atomic E-state index is 6.00. The van der Waals surface area contributed by atoms with Gasteiger partial charge in [0.1, 0.15) is 0 Å². The van der Waals surface area contributed by atoms with Crippen LogP contribution in [-0.2, 0) is 0 Å². The Kier molecular flexibility index (Phi) is 4.08.